The predicted octanol–water partition coefficient (Wildman–Crippen LogP) is 11.6. The van der Waals surface area contributed by atoms with Crippen molar-refractivity contribution in [2.24, 2.45) is 0 Å². The minimum Gasteiger partial charge on any atom is -0.309 e. The number of para-hydroxylation sites is 2. The molecule has 0 bridgehead atoms. The first kappa shape index (κ1) is 28.1. The molecular weight excluding hydrogens is 621 g/mol. The van der Waals surface area contributed by atoms with Gasteiger partial charge in [0.15, 0.2) is 0 Å². The summed E-state index contributed by atoms with van der Waals surface area (Å²) in [6.45, 7) is 0. The Morgan fingerprint density at radius 1 is 0.412 bits per heavy atom. The Labute approximate surface area is 294 Å². The molecule has 0 atom stereocenters. The van der Waals surface area contributed by atoms with Gasteiger partial charge in [-0.15, -0.1) is 0 Å². The number of benzene rings is 7. The van der Waals surface area contributed by atoms with Gasteiger partial charge in [0.1, 0.15) is 12.1 Å². The minimum atomic E-state index is 0.834. The molecule has 0 saturated heterocycles. The average molecular weight is 651 g/mol. The molecule has 0 N–H and O–H groups in total. The third-order valence-electron chi connectivity index (χ3n) is 10.7. The molecule has 0 fully saturated rings. The maximum Gasteiger partial charge on any atom is 0.149 e. The zero-order chi connectivity index (χ0) is 33.5. The Kier molecular flexibility index (Phi) is 5.98. The molecule has 51 heavy (non-hydrogen) atoms. The van der Waals surface area contributed by atoms with Crippen molar-refractivity contribution in [2.75, 3.05) is 0 Å². The number of aromatic nitrogens is 4. The highest BCUT2D eigenvalue weighted by Gasteiger charge is 2.26. The Hall–Kier alpha value is -6.78. The van der Waals surface area contributed by atoms with Crippen LogP contribution in [0.5, 0.6) is 0 Å². The summed E-state index contributed by atoms with van der Waals surface area (Å²) in [5.74, 6) is 0.940. The molecule has 7 aromatic carbocycles. The van der Waals surface area contributed by atoms with Crippen LogP contribution in [0.25, 0.3) is 88.5 Å². The van der Waals surface area contributed by atoms with E-state index in [1.54, 1.807) is 6.33 Å². The quantitative estimate of drug-likeness (QED) is 0.190. The lowest BCUT2D eigenvalue weighted by Gasteiger charge is -2.12. The van der Waals surface area contributed by atoms with E-state index in [1.807, 2.05) is 0 Å². The lowest BCUT2D eigenvalue weighted by molar-refractivity contribution is 1.00. The van der Waals surface area contributed by atoms with E-state index in [9.17, 15) is 0 Å². The van der Waals surface area contributed by atoms with Crippen molar-refractivity contribution in [3.8, 4) is 44.9 Å². The van der Waals surface area contributed by atoms with Gasteiger partial charge in [-0.3, -0.25) is 4.57 Å². The lowest BCUT2D eigenvalue weighted by Crippen LogP contribution is -2.02. The molecule has 0 spiro atoms. The second-order valence-corrected chi connectivity index (χ2v) is 13.4. The highest BCUT2D eigenvalue weighted by atomic mass is 15.1. The van der Waals surface area contributed by atoms with Crippen LogP contribution in [0.3, 0.4) is 0 Å². The molecule has 0 radical (unpaired) electrons. The molecule has 1 aliphatic carbocycles. The second-order valence-electron chi connectivity index (χ2n) is 13.4. The second kappa shape index (κ2) is 10.9. The monoisotopic (exact) mass is 650 g/mol. The standard InChI is InChI=1S/C47H30N4/c1-2-10-30(11-3-1)31-18-22-35(23-19-31)50-42-16-8-6-14-37(42)39-26-32(20-24-44(39)50)33-21-25-45-40(27-33)38-15-7-9-17-43(38)51(45)47-46-36-13-5-4-12-34(36)28-41(46)48-29-49-47/h1-27,29H,28H2. The van der Waals surface area contributed by atoms with Gasteiger partial charge in [-0.05, 0) is 81.9 Å². The van der Waals surface area contributed by atoms with Crippen molar-refractivity contribution >= 4 is 43.6 Å². The molecule has 3 heterocycles. The Bertz CT molecular complexity index is 2980. The molecule has 1 aliphatic rings. The summed E-state index contributed by atoms with van der Waals surface area (Å²) in [7, 11) is 0. The van der Waals surface area contributed by atoms with Gasteiger partial charge in [0.05, 0.1) is 27.8 Å². The molecule has 0 aliphatic heterocycles. The molecule has 0 unspecified atom stereocenters. The Morgan fingerprint density at radius 3 is 1.69 bits per heavy atom. The van der Waals surface area contributed by atoms with Crippen molar-refractivity contribution in [2.45, 2.75) is 6.42 Å². The van der Waals surface area contributed by atoms with Crippen molar-refractivity contribution in [1.82, 2.24) is 19.1 Å². The highest BCUT2D eigenvalue weighted by Crippen LogP contribution is 2.43. The fourth-order valence-electron chi connectivity index (χ4n) is 8.33. The number of rotatable bonds is 4. The molecule has 238 valence electrons. The fourth-order valence-corrected chi connectivity index (χ4v) is 8.33. The summed E-state index contributed by atoms with van der Waals surface area (Å²) < 4.78 is 4.72. The van der Waals surface area contributed by atoms with Crippen LogP contribution in [0.15, 0.2) is 170 Å². The normalized spacial score (nSPS) is 12.2. The first-order valence-corrected chi connectivity index (χ1v) is 17.5. The maximum absolute atomic E-state index is 4.93. The number of hydrogen-bond acceptors (Lipinski definition) is 2. The van der Waals surface area contributed by atoms with Gasteiger partial charge in [0.25, 0.3) is 0 Å². The topological polar surface area (TPSA) is 35.6 Å². The zero-order valence-corrected chi connectivity index (χ0v) is 27.7. The molecule has 0 amide bonds. The maximum atomic E-state index is 4.93. The van der Waals surface area contributed by atoms with Crippen LogP contribution in [0.1, 0.15) is 11.3 Å². The van der Waals surface area contributed by atoms with Gasteiger partial charge in [0, 0.05) is 39.2 Å². The molecule has 10 aromatic rings. The van der Waals surface area contributed by atoms with E-state index in [-0.39, 0.29) is 0 Å². The van der Waals surface area contributed by atoms with E-state index in [4.69, 9.17) is 9.97 Å². The number of nitrogens with zero attached hydrogens (tertiary/aromatic N) is 4. The largest absolute Gasteiger partial charge is 0.309 e. The van der Waals surface area contributed by atoms with E-state index >= 15 is 0 Å². The molecule has 4 heteroatoms. The van der Waals surface area contributed by atoms with Crippen LogP contribution >= 0.6 is 0 Å². The average Bonchev–Trinajstić information content (AvgIpc) is 3.86. The summed E-state index contributed by atoms with van der Waals surface area (Å²) in [6, 6.07) is 59.3. The van der Waals surface area contributed by atoms with E-state index in [1.165, 1.54) is 66.0 Å². The van der Waals surface area contributed by atoms with Gasteiger partial charge in [0.2, 0.25) is 0 Å². The smallest absolute Gasteiger partial charge is 0.149 e. The third-order valence-corrected chi connectivity index (χ3v) is 10.7. The van der Waals surface area contributed by atoms with Crippen molar-refractivity contribution in [3.63, 3.8) is 0 Å². The van der Waals surface area contributed by atoms with Gasteiger partial charge in [-0.1, -0.05) is 115 Å². The van der Waals surface area contributed by atoms with E-state index in [0.717, 1.165) is 40.2 Å². The molecule has 11 rings (SSSR count). The lowest BCUT2D eigenvalue weighted by atomic mass is 10.0. The summed E-state index contributed by atoms with van der Waals surface area (Å²) in [5.41, 5.74) is 15.4. The van der Waals surface area contributed by atoms with Gasteiger partial charge >= 0.3 is 0 Å². The summed E-state index contributed by atoms with van der Waals surface area (Å²) in [4.78, 5) is 9.65. The summed E-state index contributed by atoms with van der Waals surface area (Å²) in [5, 5.41) is 4.91. The van der Waals surface area contributed by atoms with Crippen LogP contribution < -0.4 is 0 Å². The molecule has 3 aromatic heterocycles. The van der Waals surface area contributed by atoms with Crippen molar-refractivity contribution in [3.05, 3.63) is 181 Å². The van der Waals surface area contributed by atoms with Crippen LogP contribution in [-0.4, -0.2) is 19.1 Å². The minimum absolute atomic E-state index is 0.834. The van der Waals surface area contributed by atoms with Crippen molar-refractivity contribution in [1.29, 1.82) is 0 Å². The van der Waals surface area contributed by atoms with E-state index in [2.05, 4.69) is 173 Å². The molecule has 0 saturated carbocycles. The van der Waals surface area contributed by atoms with E-state index < -0.39 is 0 Å². The number of hydrogen-bond donors (Lipinski definition) is 0. The first-order chi connectivity index (χ1) is 25.3. The highest BCUT2D eigenvalue weighted by molar-refractivity contribution is 6.13. The molecular formula is C47H30N4. The van der Waals surface area contributed by atoms with Crippen LogP contribution in [0.2, 0.25) is 0 Å². The summed E-state index contributed by atoms with van der Waals surface area (Å²) in [6.07, 6.45) is 2.55. The van der Waals surface area contributed by atoms with Crippen LogP contribution in [-0.2, 0) is 6.42 Å². The van der Waals surface area contributed by atoms with Crippen molar-refractivity contribution < 1.29 is 0 Å². The Balaban J connectivity index is 1.07. The van der Waals surface area contributed by atoms with Gasteiger partial charge < -0.3 is 4.57 Å². The SMILES string of the molecule is c1ccc(-c2ccc(-n3c4ccccc4c4cc(-c5ccc6c(c5)c5ccccc5n6-c5ncnc6c5-c5ccccc5C6)ccc43)cc2)cc1. The third kappa shape index (κ3) is 4.20. The Morgan fingerprint density at radius 2 is 0.961 bits per heavy atom. The first-order valence-electron chi connectivity index (χ1n) is 17.5. The van der Waals surface area contributed by atoms with Crippen LogP contribution in [0.4, 0.5) is 0 Å². The van der Waals surface area contributed by atoms with Gasteiger partial charge in [-0.2, -0.15) is 0 Å². The predicted molar refractivity (Wildman–Crippen MR) is 210 cm³/mol. The molecule has 4 nitrogen and oxygen atoms in total. The number of fused-ring (bicyclic) bond motifs is 9. The van der Waals surface area contributed by atoms with Crippen LogP contribution in [0, 0.1) is 0 Å². The summed E-state index contributed by atoms with van der Waals surface area (Å²) >= 11 is 0. The van der Waals surface area contributed by atoms with E-state index in [0.29, 0.717) is 0 Å². The fraction of sp³-hybridized carbons (Fsp3) is 0.0213. The van der Waals surface area contributed by atoms with Gasteiger partial charge in [-0.25, -0.2) is 9.97 Å². The zero-order valence-electron chi connectivity index (χ0n) is 27.7.